The summed E-state index contributed by atoms with van der Waals surface area (Å²) < 4.78 is 13.1. The predicted octanol–water partition coefficient (Wildman–Crippen LogP) is 4.90. The molecule has 0 spiro atoms. The van der Waals surface area contributed by atoms with Crippen LogP contribution >= 0.6 is 34.5 Å². The van der Waals surface area contributed by atoms with Gasteiger partial charge in [-0.05, 0) is 30.5 Å². The van der Waals surface area contributed by atoms with Gasteiger partial charge in [0.2, 0.25) is 5.91 Å². The second kappa shape index (κ2) is 11.3. The molecular weight excluding hydrogens is 536 g/mol. The highest BCUT2D eigenvalue weighted by Crippen LogP contribution is 2.34. The summed E-state index contributed by atoms with van der Waals surface area (Å²) >= 11 is 14.1. The largest absolute Gasteiger partial charge is 0.365 e. The Labute approximate surface area is 228 Å². The number of aromatic nitrogens is 2. The molecule has 4 heterocycles. The quantitative estimate of drug-likeness (QED) is 0.443. The second-order valence-corrected chi connectivity index (χ2v) is 11.0. The molecule has 194 valence electrons. The average Bonchev–Trinajstić information content (AvgIpc) is 3.40. The van der Waals surface area contributed by atoms with Crippen LogP contribution in [0.15, 0.2) is 42.0 Å². The fourth-order valence-corrected chi connectivity index (χ4v) is 6.41. The van der Waals surface area contributed by atoms with Gasteiger partial charge < -0.3 is 14.7 Å². The molecule has 2 aromatic heterocycles. The minimum absolute atomic E-state index is 0.0496. The molecule has 2 saturated heterocycles. The highest BCUT2D eigenvalue weighted by Gasteiger charge is 2.29. The van der Waals surface area contributed by atoms with Crippen LogP contribution in [-0.2, 0) is 11.2 Å². The lowest BCUT2D eigenvalue weighted by molar-refractivity contribution is -0.131. The van der Waals surface area contributed by atoms with Crippen LogP contribution in [0.25, 0.3) is 0 Å². The van der Waals surface area contributed by atoms with Crippen molar-refractivity contribution in [3.63, 3.8) is 0 Å². The van der Waals surface area contributed by atoms with E-state index in [2.05, 4.69) is 14.9 Å². The predicted molar refractivity (Wildman–Crippen MR) is 143 cm³/mol. The van der Waals surface area contributed by atoms with Gasteiger partial charge in [-0.15, -0.1) is 11.3 Å². The number of hydrogen-bond donors (Lipinski definition) is 0. The number of rotatable bonds is 5. The molecule has 2 amide bonds. The summed E-state index contributed by atoms with van der Waals surface area (Å²) in [5.41, 5.74) is 2.04. The molecule has 0 aliphatic carbocycles. The third-order valence-corrected chi connectivity index (χ3v) is 8.48. The van der Waals surface area contributed by atoms with E-state index < -0.39 is 0 Å². The molecule has 3 aromatic rings. The maximum atomic E-state index is 13.1. The van der Waals surface area contributed by atoms with Crippen molar-refractivity contribution in [2.75, 3.05) is 44.2 Å². The summed E-state index contributed by atoms with van der Waals surface area (Å²) in [6.07, 6.45) is 5.03. The summed E-state index contributed by atoms with van der Waals surface area (Å²) in [4.78, 5) is 40.2. The average molecular weight is 562 g/mol. The van der Waals surface area contributed by atoms with E-state index in [1.165, 1.54) is 23.5 Å². The lowest BCUT2D eigenvalue weighted by Crippen LogP contribution is -2.49. The molecule has 2 aliphatic rings. The van der Waals surface area contributed by atoms with Crippen LogP contribution in [0.4, 0.5) is 10.1 Å². The number of nitrogens with zero attached hydrogens (tertiary/aromatic N) is 5. The fraction of sp³-hybridized carbons (Fsp3) is 0.385. The van der Waals surface area contributed by atoms with Crippen molar-refractivity contribution in [1.82, 2.24) is 19.8 Å². The third-order valence-electron chi connectivity index (χ3n) is 6.92. The number of amides is 2. The van der Waals surface area contributed by atoms with Gasteiger partial charge in [0.05, 0.1) is 27.2 Å². The van der Waals surface area contributed by atoms with Crippen molar-refractivity contribution >= 4 is 52.0 Å². The Bertz CT molecular complexity index is 1250. The third kappa shape index (κ3) is 5.89. The van der Waals surface area contributed by atoms with Crippen LogP contribution in [-0.4, -0.2) is 70.9 Å². The van der Waals surface area contributed by atoms with Gasteiger partial charge in [-0.3, -0.25) is 14.6 Å². The summed E-state index contributed by atoms with van der Waals surface area (Å²) in [5, 5.41) is 3.79. The van der Waals surface area contributed by atoms with Crippen LogP contribution < -0.4 is 4.90 Å². The Morgan fingerprint density at radius 1 is 0.946 bits per heavy atom. The van der Waals surface area contributed by atoms with E-state index in [1.807, 2.05) is 15.2 Å². The molecular formula is C26H26Cl2FN5O2S. The molecule has 7 nitrogen and oxygen atoms in total. The number of anilines is 1. The number of piperazine rings is 1. The van der Waals surface area contributed by atoms with E-state index in [0.717, 1.165) is 29.1 Å². The molecule has 1 aromatic carbocycles. The molecule has 5 rings (SSSR count). The van der Waals surface area contributed by atoms with Crippen LogP contribution in [0.1, 0.15) is 39.8 Å². The highest BCUT2D eigenvalue weighted by molar-refractivity contribution is 7.09. The molecule has 0 saturated carbocycles. The second-order valence-electron chi connectivity index (χ2n) is 9.26. The Morgan fingerprint density at radius 3 is 2.24 bits per heavy atom. The maximum Gasteiger partial charge on any atom is 0.273 e. The van der Waals surface area contributed by atoms with E-state index in [-0.39, 0.29) is 30.0 Å². The first-order chi connectivity index (χ1) is 17.9. The molecule has 0 N–H and O–H groups in total. The van der Waals surface area contributed by atoms with Crippen LogP contribution in [0.2, 0.25) is 10.0 Å². The Kier molecular flexibility index (Phi) is 7.92. The monoisotopic (exact) mass is 561 g/mol. The van der Waals surface area contributed by atoms with E-state index in [0.29, 0.717) is 55.0 Å². The minimum Gasteiger partial charge on any atom is -0.365 e. The van der Waals surface area contributed by atoms with Gasteiger partial charge in [0, 0.05) is 63.0 Å². The maximum absolute atomic E-state index is 13.1. The molecule has 0 radical (unpaired) electrons. The van der Waals surface area contributed by atoms with E-state index in [4.69, 9.17) is 23.2 Å². The van der Waals surface area contributed by atoms with E-state index in [1.54, 1.807) is 24.5 Å². The first kappa shape index (κ1) is 25.9. The van der Waals surface area contributed by atoms with Gasteiger partial charge in [0.15, 0.2) is 0 Å². The summed E-state index contributed by atoms with van der Waals surface area (Å²) in [6, 6.07) is 6.05. The molecule has 0 unspecified atom stereocenters. The smallest absolute Gasteiger partial charge is 0.273 e. The number of carbonyl (C=O) groups excluding carboxylic acids is 2. The highest BCUT2D eigenvalue weighted by atomic mass is 35.5. The number of thiazole rings is 1. The summed E-state index contributed by atoms with van der Waals surface area (Å²) in [5.74, 6) is -0.0934. The van der Waals surface area contributed by atoms with Gasteiger partial charge in [0.1, 0.15) is 11.5 Å². The van der Waals surface area contributed by atoms with Crippen LogP contribution in [0.3, 0.4) is 0 Å². The molecule has 0 atom stereocenters. The zero-order valence-corrected chi connectivity index (χ0v) is 22.4. The van der Waals surface area contributed by atoms with E-state index in [9.17, 15) is 14.0 Å². The van der Waals surface area contributed by atoms with Crippen molar-refractivity contribution in [3.05, 3.63) is 74.2 Å². The van der Waals surface area contributed by atoms with E-state index >= 15 is 0 Å². The Balaban J connectivity index is 1.13. The number of piperidine rings is 1. The molecule has 2 aliphatic heterocycles. The first-order valence-electron chi connectivity index (χ1n) is 12.2. The lowest BCUT2D eigenvalue weighted by Gasteiger charge is -2.36. The Morgan fingerprint density at radius 2 is 1.59 bits per heavy atom. The van der Waals surface area contributed by atoms with Crippen molar-refractivity contribution in [1.29, 1.82) is 0 Å². The summed E-state index contributed by atoms with van der Waals surface area (Å²) in [7, 11) is 0. The molecule has 2 fully saturated rings. The topological polar surface area (TPSA) is 69.6 Å². The molecule has 11 heteroatoms. The van der Waals surface area contributed by atoms with Crippen molar-refractivity contribution in [2.45, 2.75) is 25.2 Å². The first-order valence-corrected chi connectivity index (χ1v) is 13.8. The number of benzene rings is 1. The van der Waals surface area contributed by atoms with Gasteiger partial charge >= 0.3 is 0 Å². The minimum atomic E-state index is -0.305. The fourth-order valence-electron chi connectivity index (χ4n) is 4.84. The normalized spacial score (nSPS) is 16.8. The van der Waals surface area contributed by atoms with Crippen LogP contribution in [0, 0.1) is 5.82 Å². The van der Waals surface area contributed by atoms with Crippen LogP contribution in [0.5, 0.6) is 0 Å². The number of likely N-dealkylation sites (tertiary alicyclic amines) is 1. The van der Waals surface area contributed by atoms with Crippen molar-refractivity contribution in [3.8, 4) is 0 Å². The van der Waals surface area contributed by atoms with Crippen molar-refractivity contribution < 1.29 is 14.0 Å². The zero-order valence-electron chi connectivity index (χ0n) is 20.1. The lowest BCUT2D eigenvalue weighted by atomic mass is 9.97. The number of carbonyl (C=O) groups is 2. The Hall–Kier alpha value is -2.75. The molecule has 37 heavy (non-hydrogen) atoms. The van der Waals surface area contributed by atoms with Gasteiger partial charge in [0.25, 0.3) is 5.91 Å². The number of halogens is 3. The number of hydrogen-bond acceptors (Lipinski definition) is 6. The van der Waals surface area contributed by atoms with Gasteiger partial charge in [-0.25, -0.2) is 9.37 Å². The molecule has 0 bridgehead atoms. The standard InChI is InChI=1S/C26H26Cl2FN5O2S/c27-20-14-30-15-21(28)24(20)33-9-11-34(12-10-33)26(36)22-16-37-25(31-22)18-5-7-32(8-6-18)23(35)13-17-1-3-19(29)4-2-17/h1-4,14-16,18H,5-13H2. The van der Waals surface area contributed by atoms with Crippen molar-refractivity contribution in [2.24, 2.45) is 0 Å². The number of pyridine rings is 1. The zero-order chi connectivity index (χ0) is 25.9. The van der Waals surface area contributed by atoms with Gasteiger partial charge in [-0.1, -0.05) is 35.3 Å². The SMILES string of the molecule is O=C(Cc1ccc(F)cc1)N1CCC(c2nc(C(=O)N3CCN(c4c(Cl)cncc4Cl)CC3)cs2)CC1. The van der Waals surface area contributed by atoms with Gasteiger partial charge in [-0.2, -0.15) is 0 Å². The summed E-state index contributed by atoms with van der Waals surface area (Å²) in [6.45, 7) is 3.64.